The average molecular weight is 279 g/mol. The van der Waals surface area contributed by atoms with Crippen molar-refractivity contribution < 1.29 is 9.90 Å². The van der Waals surface area contributed by atoms with E-state index in [2.05, 4.69) is 25.9 Å². The van der Waals surface area contributed by atoms with E-state index in [1.54, 1.807) is 0 Å². The van der Waals surface area contributed by atoms with Crippen LogP contribution in [0.4, 0.5) is 0 Å². The number of nitrogens with zero attached hydrogens (tertiary/aromatic N) is 3. The topological polar surface area (TPSA) is 104 Å². The molecule has 3 N–H and O–H groups in total. The van der Waals surface area contributed by atoms with E-state index in [9.17, 15) is 9.90 Å². The Bertz CT molecular complexity index is 450. The molecule has 1 aliphatic heterocycles. The third kappa shape index (κ3) is 2.82. The molecule has 7 nitrogen and oxygen atoms in total. The van der Waals surface area contributed by atoms with Gasteiger partial charge in [0.05, 0.1) is 0 Å². The standard InChI is InChI=1S/C13H21N5O2/c19-13(20)12-10-3-1-8(7-9(10)5-6-14-12)2-4-11-15-17-18-16-11/h8-10,12,14H,1-7H2,(H,19,20)(H,15,16,17,18)/t8-,9-,10+,12+/m0/s1. The van der Waals surface area contributed by atoms with Crippen LogP contribution in [0.25, 0.3) is 0 Å². The molecule has 0 unspecified atom stereocenters. The third-order valence-electron chi connectivity index (χ3n) is 4.89. The molecule has 20 heavy (non-hydrogen) atoms. The quantitative estimate of drug-likeness (QED) is 0.746. The van der Waals surface area contributed by atoms with Gasteiger partial charge in [-0.15, -0.1) is 10.2 Å². The number of rotatable bonds is 4. The Morgan fingerprint density at radius 1 is 1.35 bits per heavy atom. The molecule has 3 rings (SSSR count). The van der Waals surface area contributed by atoms with Crippen LogP contribution in [-0.2, 0) is 11.2 Å². The fourth-order valence-electron chi connectivity index (χ4n) is 3.89. The van der Waals surface area contributed by atoms with Gasteiger partial charge in [-0.05, 0) is 50.0 Å². The highest BCUT2D eigenvalue weighted by atomic mass is 16.4. The monoisotopic (exact) mass is 279 g/mol. The number of aryl methyl sites for hydroxylation is 1. The highest BCUT2D eigenvalue weighted by Crippen LogP contribution is 2.41. The molecule has 0 aromatic carbocycles. The lowest BCUT2D eigenvalue weighted by Gasteiger charge is -2.42. The Kier molecular flexibility index (Phi) is 3.95. The van der Waals surface area contributed by atoms with Crippen LogP contribution < -0.4 is 5.32 Å². The number of carboxylic acid groups (broad SMARTS) is 1. The first-order valence-electron chi connectivity index (χ1n) is 7.42. The lowest BCUT2D eigenvalue weighted by Crippen LogP contribution is -2.52. The Hall–Kier alpha value is -1.50. The summed E-state index contributed by atoms with van der Waals surface area (Å²) in [4.78, 5) is 11.3. The second kappa shape index (κ2) is 5.87. The van der Waals surface area contributed by atoms with Crippen molar-refractivity contribution in [3.05, 3.63) is 5.82 Å². The predicted octanol–water partition coefficient (Wildman–Crippen LogP) is 0.611. The Balaban J connectivity index is 1.54. The van der Waals surface area contributed by atoms with E-state index < -0.39 is 5.97 Å². The zero-order valence-electron chi connectivity index (χ0n) is 11.5. The van der Waals surface area contributed by atoms with Crippen LogP contribution >= 0.6 is 0 Å². The molecule has 1 saturated heterocycles. The molecule has 1 saturated carbocycles. The van der Waals surface area contributed by atoms with Crippen LogP contribution in [0.1, 0.15) is 37.9 Å². The number of hydrogen-bond donors (Lipinski definition) is 3. The average Bonchev–Trinajstić information content (AvgIpc) is 2.97. The molecule has 2 aliphatic rings. The lowest BCUT2D eigenvalue weighted by atomic mass is 9.67. The molecule has 0 bridgehead atoms. The Labute approximate surface area is 117 Å². The van der Waals surface area contributed by atoms with Crippen LogP contribution in [0.3, 0.4) is 0 Å². The molecule has 2 fully saturated rings. The third-order valence-corrected chi connectivity index (χ3v) is 4.89. The van der Waals surface area contributed by atoms with E-state index in [4.69, 9.17) is 0 Å². The summed E-state index contributed by atoms with van der Waals surface area (Å²) in [7, 11) is 0. The number of H-pyrrole nitrogens is 1. The maximum absolute atomic E-state index is 11.3. The molecule has 0 radical (unpaired) electrons. The van der Waals surface area contributed by atoms with Crippen LogP contribution in [-0.4, -0.2) is 44.3 Å². The number of aromatic nitrogens is 4. The minimum Gasteiger partial charge on any atom is -0.480 e. The number of carboxylic acids is 1. The summed E-state index contributed by atoms with van der Waals surface area (Å²) >= 11 is 0. The number of fused-ring (bicyclic) bond motifs is 1. The minimum atomic E-state index is -0.690. The normalized spacial score (nSPS) is 33.6. The maximum Gasteiger partial charge on any atom is 0.320 e. The van der Waals surface area contributed by atoms with Crippen molar-refractivity contribution in [2.45, 2.75) is 44.6 Å². The fourth-order valence-corrected chi connectivity index (χ4v) is 3.89. The summed E-state index contributed by atoms with van der Waals surface area (Å²) in [5.74, 6) is 1.62. The maximum atomic E-state index is 11.3. The van der Waals surface area contributed by atoms with Crippen LogP contribution in [0.5, 0.6) is 0 Å². The SMILES string of the molecule is O=C(O)[C@@H]1NCC[C@H]2C[C@H](CCc3nn[nH]n3)CC[C@H]21. The van der Waals surface area contributed by atoms with Crippen LogP contribution in [0.2, 0.25) is 0 Å². The zero-order chi connectivity index (χ0) is 13.9. The molecule has 2 heterocycles. The van der Waals surface area contributed by atoms with Gasteiger partial charge in [0.25, 0.3) is 0 Å². The lowest BCUT2D eigenvalue weighted by molar-refractivity contribution is -0.143. The van der Waals surface area contributed by atoms with Gasteiger partial charge < -0.3 is 10.4 Å². The Morgan fingerprint density at radius 3 is 3.00 bits per heavy atom. The van der Waals surface area contributed by atoms with E-state index in [1.165, 1.54) is 0 Å². The first kappa shape index (κ1) is 13.5. The summed E-state index contributed by atoms with van der Waals surface area (Å²) < 4.78 is 0. The minimum absolute atomic E-state index is 0.308. The van der Waals surface area contributed by atoms with Gasteiger partial charge in [0.2, 0.25) is 0 Å². The van der Waals surface area contributed by atoms with E-state index in [1.807, 2.05) is 0 Å². The van der Waals surface area contributed by atoms with Crippen molar-refractivity contribution in [2.75, 3.05) is 6.54 Å². The van der Waals surface area contributed by atoms with Crippen molar-refractivity contribution in [3.63, 3.8) is 0 Å². The second-order valence-electron chi connectivity index (χ2n) is 6.03. The van der Waals surface area contributed by atoms with Gasteiger partial charge in [-0.3, -0.25) is 4.79 Å². The largest absolute Gasteiger partial charge is 0.480 e. The summed E-state index contributed by atoms with van der Waals surface area (Å²) in [6.45, 7) is 0.829. The number of hydrogen-bond acceptors (Lipinski definition) is 5. The molecule has 4 atom stereocenters. The summed E-state index contributed by atoms with van der Waals surface area (Å²) in [6, 6.07) is -0.341. The van der Waals surface area contributed by atoms with E-state index in [0.29, 0.717) is 17.8 Å². The molecule has 0 spiro atoms. The molecular formula is C13H21N5O2. The Morgan fingerprint density at radius 2 is 2.25 bits per heavy atom. The van der Waals surface area contributed by atoms with Gasteiger partial charge in [0.15, 0.2) is 5.82 Å². The van der Waals surface area contributed by atoms with Gasteiger partial charge in [0, 0.05) is 6.42 Å². The van der Waals surface area contributed by atoms with Gasteiger partial charge in [-0.2, -0.15) is 5.21 Å². The van der Waals surface area contributed by atoms with Gasteiger partial charge in [-0.25, -0.2) is 0 Å². The first-order chi connectivity index (χ1) is 9.74. The van der Waals surface area contributed by atoms with E-state index in [0.717, 1.165) is 50.9 Å². The number of nitrogens with one attached hydrogen (secondary N) is 2. The number of aliphatic carboxylic acids is 1. The highest BCUT2D eigenvalue weighted by molar-refractivity contribution is 5.74. The van der Waals surface area contributed by atoms with E-state index in [-0.39, 0.29) is 6.04 Å². The smallest absolute Gasteiger partial charge is 0.320 e. The second-order valence-corrected chi connectivity index (χ2v) is 6.03. The van der Waals surface area contributed by atoms with Crippen LogP contribution in [0.15, 0.2) is 0 Å². The first-order valence-corrected chi connectivity index (χ1v) is 7.42. The van der Waals surface area contributed by atoms with Gasteiger partial charge in [-0.1, -0.05) is 11.6 Å². The van der Waals surface area contributed by atoms with Crippen molar-refractivity contribution >= 4 is 5.97 Å². The van der Waals surface area contributed by atoms with Gasteiger partial charge >= 0.3 is 5.97 Å². The number of piperidine rings is 1. The molecular weight excluding hydrogens is 258 g/mol. The molecule has 110 valence electrons. The highest BCUT2D eigenvalue weighted by Gasteiger charge is 2.40. The molecule has 1 aromatic heterocycles. The number of tetrazole rings is 1. The van der Waals surface area contributed by atoms with Crippen molar-refractivity contribution in [3.8, 4) is 0 Å². The zero-order valence-corrected chi connectivity index (χ0v) is 11.5. The van der Waals surface area contributed by atoms with E-state index >= 15 is 0 Å². The fraction of sp³-hybridized carbons (Fsp3) is 0.846. The van der Waals surface area contributed by atoms with Crippen molar-refractivity contribution in [1.29, 1.82) is 0 Å². The molecule has 1 aromatic rings. The van der Waals surface area contributed by atoms with Crippen molar-refractivity contribution in [1.82, 2.24) is 25.9 Å². The predicted molar refractivity (Wildman–Crippen MR) is 70.9 cm³/mol. The van der Waals surface area contributed by atoms with Crippen molar-refractivity contribution in [2.24, 2.45) is 17.8 Å². The molecule has 0 amide bonds. The number of aromatic amines is 1. The molecule has 7 heteroatoms. The van der Waals surface area contributed by atoms with Crippen LogP contribution in [0, 0.1) is 17.8 Å². The summed E-state index contributed by atoms with van der Waals surface area (Å²) in [5.41, 5.74) is 0. The van der Waals surface area contributed by atoms with Gasteiger partial charge in [0.1, 0.15) is 6.04 Å². The number of carbonyl (C=O) groups is 1. The summed E-state index contributed by atoms with van der Waals surface area (Å²) in [6.07, 6.45) is 6.32. The summed E-state index contributed by atoms with van der Waals surface area (Å²) in [5, 5.41) is 26.4. The molecule has 1 aliphatic carbocycles.